The standard InChI is InChI=1S/C15H23N3O/c1-3-8-16-14-7-5-4-6-13(14)15(19)18-11-9-17(2)10-12-18/h4-7,16H,3,8-12H2,1-2H3. The van der Waals surface area contributed by atoms with Crippen LogP contribution in [-0.4, -0.2) is 55.5 Å². The number of carbonyl (C=O) groups is 1. The minimum atomic E-state index is 0.146. The van der Waals surface area contributed by atoms with Gasteiger partial charge in [0.15, 0.2) is 0 Å². The molecule has 1 aromatic carbocycles. The van der Waals surface area contributed by atoms with Crippen LogP contribution >= 0.6 is 0 Å². The van der Waals surface area contributed by atoms with E-state index in [-0.39, 0.29) is 5.91 Å². The van der Waals surface area contributed by atoms with Gasteiger partial charge >= 0.3 is 0 Å². The van der Waals surface area contributed by atoms with Crippen LogP contribution in [0.2, 0.25) is 0 Å². The maximum atomic E-state index is 12.6. The van der Waals surface area contributed by atoms with Crippen molar-refractivity contribution in [3.05, 3.63) is 29.8 Å². The summed E-state index contributed by atoms with van der Waals surface area (Å²) < 4.78 is 0. The molecule has 1 heterocycles. The van der Waals surface area contributed by atoms with Gasteiger partial charge < -0.3 is 15.1 Å². The number of nitrogens with zero attached hydrogens (tertiary/aromatic N) is 2. The number of hydrogen-bond donors (Lipinski definition) is 1. The van der Waals surface area contributed by atoms with Crippen molar-refractivity contribution in [1.29, 1.82) is 0 Å². The molecule has 0 radical (unpaired) electrons. The molecule has 104 valence electrons. The molecule has 0 spiro atoms. The zero-order valence-corrected chi connectivity index (χ0v) is 11.9. The van der Waals surface area contributed by atoms with Gasteiger partial charge in [-0.25, -0.2) is 0 Å². The number of benzene rings is 1. The van der Waals surface area contributed by atoms with Crippen LogP contribution in [-0.2, 0) is 0 Å². The molecule has 4 heteroatoms. The molecule has 4 nitrogen and oxygen atoms in total. The number of amides is 1. The molecule has 0 atom stereocenters. The summed E-state index contributed by atoms with van der Waals surface area (Å²) >= 11 is 0. The molecule has 19 heavy (non-hydrogen) atoms. The first-order chi connectivity index (χ1) is 9.22. The lowest BCUT2D eigenvalue weighted by molar-refractivity contribution is 0.0665. The summed E-state index contributed by atoms with van der Waals surface area (Å²) in [6.07, 6.45) is 1.05. The quantitative estimate of drug-likeness (QED) is 0.899. The Morgan fingerprint density at radius 1 is 1.21 bits per heavy atom. The third kappa shape index (κ3) is 3.47. The Morgan fingerprint density at radius 3 is 2.58 bits per heavy atom. The van der Waals surface area contributed by atoms with Crippen molar-refractivity contribution >= 4 is 11.6 Å². The second-order valence-corrected chi connectivity index (χ2v) is 5.07. The lowest BCUT2D eigenvalue weighted by atomic mass is 10.1. The molecular formula is C15H23N3O. The van der Waals surface area contributed by atoms with E-state index in [1.54, 1.807) is 0 Å². The van der Waals surface area contributed by atoms with Crippen LogP contribution in [0.15, 0.2) is 24.3 Å². The summed E-state index contributed by atoms with van der Waals surface area (Å²) in [7, 11) is 2.10. The van der Waals surface area contributed by atoms with E-state index >= 15 is 0 Å². The van der Waals surface area contributed by atoms with E-state index in [1.165, 1.54) is 0 Å². The first-order valence-corrected chi connectivity index (χ1v) is 7.03. The van der Waals surface area contributed by atoms with E-state index < -0.39 is 0 Å². The highest BCUT2D eigenvalue weighted by Crippen LogP contribution is 2.18. The molecule has 1 aromatic rings. The first kappa shape index (κ1) is 13.9. The Kier molecular flexibility index (Phi) is 4.80. The monoisotopic (exact) mass is 261 g/mol. The van der Waals surface area contributed by atoms with Gasteiger partial charge in [-0.2, -0.15) is 0 Å². The fraction of sp³-hybridized carbons (Fsp3) is 0.533. The van der Waals surface area contributed by atoms with Crippen molar-refractivity contribution in [1.82, 2.24) is 9.80 Å². The maximum Gasteiger partial charge on any atom is 0.256 e. The number of hydrogen-bond acceptors (Lipinski definition) is 3. The average molecular weight is 261 g/mol. The highest BCUT2D eigenvalue weighted by atomic mass is 16.2. The van der Waals surface area contributed by atoms with Gasteiger partial charge in [0.25, 0.3) is 5.91 Å². The first-order valence-electron chi connectivity index (χ1n) is 7.03. The Morgan fingerprint density at radius 2 is 1.89 bits per heavy atom. The molecule has 1 amide bonds. The predicted molar refractivity (Wildman–Crippen MR) is 78.6 cm³/mol. The van der Waals surface area contributed by atoms with E-state index in [4.69, 9.17) is 0 Å². The van der Waals surface area contributed by atoms with Gasteiger partial charge in [-0.15, -0.1) is 0 Å². The summed E-state index contributed by atoms with van der Waals surface area (Å²) in [6.45, 7) is 6.56. The molecule has 0 unspecified atom stereocenters. The smallest absolute Gasteiger partial charge is 0.256 e. The van der Waals surface area contributed by atoms with Gasteiger partial charge in [-0.1, -0.05) is 19.1 Å². The third-order valence-electron chi connectivity index (χ3n) is 3.51. The lowest BCUT2D eigenvalue weighted by Crippen LogP contribution is -2.47. The third-order valence-corrected chi connectivity index (χ3v) is 3.51. The topological polar surface area (TPSA) is 35.6 Å². The van der Waals surface area contributed by atoms with Gasteiger partial charge in [0.1, 0.15) is 0 Å². The van der Waals surface area contributed by atoms with Crippen LogP contribution in [0.3, 0.4) is 0 Å². The Labute approximate surface area is 115 Å². The average Bonchev–Trinajstić information content (AvgIpc) is 2.45. The van der Waals surface area contributed by atoms with Crippen LogP contribution in [0.4, 0.5) is 5.69 Å². The number of likely N-dealkylation sites (N-methyl/N-ethyl adjacent to an activating group) is 1. The van der Waals surface area contributed by atoms with E-state index in [1.807, 2.05) is 29.2 Å². The fourth-order valence-electron chi connectivity index (χ4n) is 2.26. The largest absolute Gasteiger partial charge is 0.384 e. The Hall–Kier alpha value is -1.55. The van der Waals surface area contributed by atoms with Gasteiger partial charge in [0.2, 0.25) is 0 Å². The van der Waals surface area contributed by atoms with Crippen LogP contribution in [0.5, 0.6) is 0 Å². The molecule has 1 fully saturated rings. The van der Waals surface area contributed by atoms with Crippen molar-refractivity contribution in [2.24, 2.45) is 0 Å². The maximum absolute atomic E-state index is 12.6. The fourth-order valence-corrected chi connectivity index (χ4v) is 2.26. The van der Waals surface area contributed by atoms with Crippen molar-refractivity contribution < 1.29 is 4.79 Å². The van der Waals surface area contributed by atoms with Crippen molar-refractivity contribution in [3.63, 3.8) is 0 Å². The number of carbonyl (C=O) groups excluding carboxylic acids is 1. The zero-order valence-electron chi connectivity index (χ0n) is 11.9. The van der Waals surface area contributed by atoms with Gasteiger partial charge in [0.05, 0.1) is 5.56 Å². The number of nitrogens with one attached hydrogen (secondary N) is 1. The van der Waals surface area contributed by atoms with Crippen LogP contribution < -0.4 is 5.32 Å². The van der Waals surface area contributed by atoms with E-state index in [2.05, 4.69) is 24.2 Å². The van der Waals surface area contributed by atoms with Crippen molar-refractivity contribution in [2.45, 2.75) is 13.3 Å². The Bertz CT molecular complexity index is 425. The minimum Gasteiger partial charge on any atom is -0.384 e. The van der Waals surface area contributed by atoms with Crippen LogP contribution in [0, 0.1) is 0 Å². The predicted octanol–water partition coefficient (Wildman–Crippen LogP) is 1.90. The zero-order chi connectivity index (χ0) is 13.7. The lowest BCUT2D eigenvalue weighted by Gasteiger charge is -2.32. The van der Waals surface area contributed by atoms with E-state index in [9.17, 15) is 4.79 Å². The van der Waals surface area contributed by atoms with E-state index in [0.717, 1.165) is 50.4 Å². The van der Waals surface area contributed by atoms with Gasteiger partial charge in [-0.05, 0) is 25.6 Å². The summed E-state index contributed by atoms with van der Waals surface area (Å²) in [5, 5.41) is 3.33. The number of anilines is 1. The normalized spacial score (nSPS) is 16.4. The van der Waals surface area contributed by atoms with Gasteiger partial charge in [0, 0.05) is 38.4 Å². The highest BCUT2D eigenvalue weighted by molar-refractivity contribution is 5.99. The summed E-state index contributed by atoms with van der Waals surface area (Å²) in [4.78, 5) is 16.8. The van der Waals surface area contributed by atoms with Crippen LogP contribution in [0.25, 0.3) is 0 Å². The molecule has 1 N–H and O–H groups in total. The Balaban J connectivity index is 2.09. The molecule has 0 aromatic heterocycles. The summed E-state index contributed by atoms with van der Waals surface area (Å²) in [5.74, 6) is 0.146. The second kappa shape index (κ2) is 6.57. The molecule has 0 aliphatic carbocycles. The van der Waals surface area contributed by atoms with Crippen LogP contribution in [0.1, 0.15) is 23.7 Å². The molecule has 1 aliphatic rings. The summed E-state index contributed by atoms with van der Waals surface area (Å²) in [6, 6.07) is 7.80. The number of rotatable bonds is 4. The number of para-hydroxylation sites is 1. The SMILES string of the molecule is CCCNc1ccccc1C(=O)N1CCN(C)CC1. The minimum absolute atomic E-state index is 0.146. The number of piperazine rings is 1. The highest BCUT2D eigenvalue weighted by Gasteiger charge is 2.21. The van der Waals surface area contributed by atoms with E-state index in [0.29, 0.717) is 0 Å². The molecule has 0 saturated carbocycles. The molecule has 1 aliphatic heterocycles. The van der Waals surface area contributed by atoms with Gasteiger partial charge in [-0.3, -0.25) is 4.79 Å². The molecule has 1 saturated heterocycles. The molecular weight excluding hydrogens is 238 g/mol. The second-order valence-electron chi connectivity index (χ2n) is 5.07. The molecule has 0 bridgehead atoms. The van der Waals surface area contributed by atoms with Crippen molar-refractivity contribution in [3.8, 4) is 0 Å². The molecule has 2 rings (SSSR count). The van der Waals surface area contributed by atoms with Crippen molar-refractivity contribution in [2.75, 3.05) is 45.1 Å². The summed E-state index contributed by atoms with van der Waals surface area (Å²) in [5.41, 5.74) is 1.74.